The Labute approximate surface area is 125 Å². The third kappa shape index (κ3) is 3.54. The molecule has 1 aliphatic rings. The van der Waals surface area contributed by atoms with Crippen LogP contribution >= 0.6 is 0 Å². The second-order valence-electron chi connectivity index (χ2n) is 5.51. The molecule has 114 valence electrons. The van der Waals surface area contributed by atoms with Crippen molar-refractivity contribution in [2.24, 2.45) is 5.92 Å². The minimum absolute atomic E-state index is 0.0662. The zero-order valence-corrected chi connectivity index (χ0v) is 12.8. The van der Waals surface area contributed by atoms with Crippen molar-refractivity contribution in [2.75, 3.05) is 19.7 Å². The highest BCUT2D eigenvalue weighted by Gasteiger charge is 2.34. The Bertz CT molecular complexity index is 528. The molecule has 0 unspecified atom stereocenters. The van der Waals surface area contributed by atoms with Gasteiger partial charge in [0.15, 0.2) is 5.78 Å². The molecule has 0 aliphatic carbocycles. The number of hydrogen-bond acceptors (Lipinski definition) is 3. The zero-order chi connectivity index (χ0) is 15.4. The van der Waals surface area contributed by atoms with Gasteiger partial charge in [-0.05, 0) is 25.0 Å². The predicted molar refractivity (Wildman–Crippen MR) is 80.7 cm³/mol. The third-order valence-electron chi connectivity index (χ3n) is 3.67. The van der Waals surface area contributed by atoms with Gasteiger partial charge in [0.2, 0.25) is 0 Å². The van der Waals surface area contributed by atoms with Crippen LogP contribution < -0.4 is 10.1 Å². The minimum Gasteiger partial charge on any atom is -0.494 e. The fraction of sp³-hybridized carbons (Fsp3) is 0.500. The van der Waals surface area contributed by atoms with Crippen LogP contribution in [0.2, 0.25) is 0 Å². The highest BCUT2D eigenvalue weighted by atomic mass is 16.5. The lowest BCUT2D eigenvalue weighted by Crippen LogP contribution is -2.40. The van der Waals surface area contributed by atoms with Crippen LogP contribution in [0.15, 0.2) is 24.3 Å². The van der Waals surface area contributed by atoms with Crippen molar-refractivity contribution >= 4 is 11.8 Å². The normalized spacial score (nSPS) is 18.0. The standard InChI is InChI=1S/C16H22N2O3/c1-4-21-13-7-5-6-12(8-13)15(19)10-18-14(11(2)3)9-17-16(18)20/h5-8,11,14H,4,9-10H2,1-3H3,(H,17,20)/t14-/m1/s1. The summed E-state index contributed by atoms with van der Waals surface area (Å²) >= 11 is 0. The summed E-state index contributed by atoms with van der Waals surface area (Å²) in [7, 11) is 0. The van der Waals surface area contributed by atoms with Gasteiger partial charge >= 0.3 is 6.03 Å². The molecule has 0 spiro atoms. The fourth-order valence-electron chi connectivity index (χ4n) is 2.51. The molecule has 1 aliphatic heterocycles. The second-order valence-corrected chi connectivity index (χ2v) is 5.51. The van der Waals surface area contributed by atoms with Gasteiger partial charge in [-0.2, -0.15) is 0 Å². The number of hydrogen-bond donors (Lipinski definition) is 1. The number of ether oxygens (including phenoxy) is 1. The summed E-state index contributed by atoms with van der Waals surface area (Å²) in [4.78, 5) is 25.9. The molecular weight excluding hydrogens is 268 g/mol. The Morgan fingerprint density at radius 1 is 1.48 bits per heavy atom. The zero-order valence-electron chi connectivity index (χ0n) is 12.8. The second kappa shape index (κ2) is 6.61. The Kier molecular flexibility index (Phi) is 4.83. The largest absolute Gasteiger partial charge is 0.494 e. The lowest BCUT2D eigenvalue weighted by atomic mass is 10.0. The third-order valence-corrected chi connectivity index (χ3v) is 3.67. The first-order chi connectivity index (χ1) is 10.0. The minimum atomic E-state index is -0.164. The summed E-state index contributed by atoms with van der Waals surface area (Å²) in [5.74, 6) is 0.917. The summed E-state index contributed by atoms with van der Waals surface area (Å²) in [5, 5.41) is 2.80. The van der Waals surface area contributed by atoms with E-state index in [0.717, 1.165) is 0 Å². The number of nitrogens with one attached hydrogen (secondary N) is 1. The van der Waals surface area contributed by atoms with Gasteiger partial charge in [-0.1, -0.05) is 26.0 Å². The maximum absolute atomic E-state index is 12.4. The highest BCUT2D eigenvalue weighted by Crippen LogP contribution is 2.18. The number of amides is 2. The van der Waals surface area contributed by atoms with E-state index in [1.807, 2.05) is 13.0 Å². The Morgan fingerprint density at radius 2 is 2.24 bits per heavy atom. The van der Waals surface area contributed by atoms with Crippen LogP contribution in [0.5, 0.6) is 5.75 Å². The molecule has 0 aromatic heterocycles. The molecule has 1 heterocycles. The SMILES string of the molecule is CCOc1cccc(C(=O)CN2C(=O)NC[C@@H]2C(C)C)c1. The number of benzene rings is 1. The molecule has 0 saturated carbocycles. The molecule has 2 amide bonds. The first-order valence-electron chi connectivity index (χ1n) is 7.33. The van der Waals surface area contributed by atoms with Crippen LogP contribution in [0.25, 0.3) is 0 Å². The van der Waals surface area contributed by atoms with E-state index in [9.17, 15) is 9.59 Å². The van der Waals surface area contributed by atoms with E-state index in [1.54, 1.807) is 23.1 Å². The first-order valence-corrected chi connectivity index (χ1v) is 7.33. The summed E-state index contributed by atoms with van der Waals surface area (Å²) in [6.07, 6.45) is 0. The van der Waals surface area contributed by atoms with E-state index in [0.29, 0.717) is 30.4 Å². The maximum atomic E-state index is 12.4. The number of Topliss-reactive ketones (excluding diaryl/α,β-unsaturated/α-hetero) is 1. The quantitative estimate of drug-likeness (QED) is 0.818. The van der Waals surface area contributed by atoms with Crippen LogP contribution in [-0.4, -0.2) is 42.5 Å². The first kappa shape index (κ1) is 15.4. The van der Waals surface area contributed by atoms with E-state index in [-0.39, 0.29) is 24.4 Å². The monoisotopic (exact) mass is 290 g/mol. The summed E-state index contributed by atoms with van der Waals surface area (Å²) in [5.41, 5.74) is 0.572. The molecule has 1 N–H and O–H groups in total. The fourth-order valence-corrected chi connectivity index (χ4v) is 2.51. The van der Waals surface area contributed by atoms with Crippen molar-refractivity contribution < 1.29 is 14.3 Å². The number of carbonyl (C=O) groups excluding carboxylic acids is 2. The van der Waals surface area contributed by atoms with E-state index in [1.165, 1.54) is 0 Å². The van der Waals surface area contributed by atoms with Crippen LogP contribution in [0.3, 0.4) is 0 Å². The van der Waals surface area contributed by atoms with E-state index < -0.39 is 0 Å². The van der Waals surface area contributed by atoms with E-state index in [2.05, 4.69) is 19.2 Å². The van der Waals surface area contributed by atoms with Crippen molar-refractivity contribution in [3.8, 4) is 5.75 Å². The average molecular weight is 290 g/mol. The predicted octanol–water partition coefficient (Wildman–Crippen LogP) is 2.32. The Morgan fingerprint density at radius 3 is 2.90 bits per heavy atom. The number of rotatable bonds is 6. The molecule has 1 aromatic rings. The molecular formula is C16H22N2O3. The molecule has 2 rings (SSSR count). The molecule has 0 radical (unpaired) electrons. The number of carbonyl (C=O) groups is 2. The highest BCUT2D eigenvalue weighted by molar-refractivity contribution is 5.99. The van der Waals surface area contributed by atoms with Gasteiger partial charge in [0.05, 0.1) is 19.2 Å². The molecule has 1 fully saturated rings. The molecule has 1 atom stereocenters. The molecule has 5 heteroatoms. The van der Waals surface area contributed by atoms with Gasteiger partial charge in [-0.15, -0.1) is 0 Å². The number of ketones is 1. The van der Waals surface area contributed by atoms with Crippen molar-refractivity contribution in [3.05, 3.63) is 29.8 Å². The van der Waals surface area contributed by atoms with Crippen LogP contribution in [0.1, 0.15) is 31.1 Å². The summed E-state index contributed by atoms with van der Waals surface area (Å²) in [6.45, 7) is 7.27. The van der Waals surface area contributed by atoms with Crippen LogP contribution in [-0.2, 0) is 0 Å². The summed E-state index contributed by atoms with van der Waals surface area (Å²) in [6, 6.07) is 6.99. The van der Waals surface area contributed by atoms with Gasteiger partial charge in [-0.25, -0.2) is 4.79 Å². The molecule has 21 heavy (non-hydrogen) atoms. The van der Waals surface area contributed by atoms with Crippen LogP contribution in [0, 0.1) is 5.92 Å². The smallest absolute Gasteiger partial charge is 0.318 e. The molecule has 1 saturated heterocycles. The molecule has 0 bridgehead atoms. The van der Waals surface area contributed by atoms with E-state index in [4.69, 9.17) is 4.74 Å². The Balaban J connectivity index is 2.10. The maximum Gasteiger partial charge on any atom is 0.318 e. The summed E-state index contributed by atoms with van der Waals surface area (Å²) < 4.78 is 5.40. The van der Waals surface area contributed by atoms with Crippen molar-refractivity contribution in [1.82, 2.24) is 10.2 Å². The van der Waals surface area contributed by atoms with Gasteiger partial charge in [-0.3, -0.25) is 4.79 Å². The van der Waals surface area contributed by atoms with Gasteiger partial charge in [0.1, 0.15) is 5.75 Å². The van der Waals surface area contributed by atoms with E-state index >= 15 is 0 Å². The van der Waals surface area contributed by atoms with Crippen molar-refractivity contribution in [1.29, 1.82) is 0 Å². The number of urea groups is 1. The Hall–Kier alpha value is -2.04. The lowest BCUT2D eigenvalue weighted by Gasteiger charge is -2.25. The molecule has 5 nitrogen and oxygen atoms in total. The topological polar surface area (TPSA) is 58.6 Å². The lowest BCUT2D eigenvalue weighted by molar-refractivity contribution is 0.0925. The van der Waals surface area contributed by atoms with Crippen LogP contribution in [0.4, 0.5) is 4.79 Å². The van der Waals surface area contributed by atoms with Crippen molar-refractivity contribution in [3.63, 3.8) is 0 Å². The average Bonchev–Trinajstić information content (AvgIpc) is 2.81. The number of nitrogens with zero attached hydrogens (tertiary/aromatic N) is 1. The van der Waals surface area contributed by atoms with Crippen molar-refractivity contribution in [2.45, 2.75) is 26.8 Å². The molecule has 1 aromatic carbocycles. The van der Waals surface area contributed by atoms with Gasteiger partial charge in [0, 0.05) is 12.1 Å². The van der Waals surface area contributed by atoms with Gasteiger partial charge < -0.3 is 15.0 Å². The van der Waals surface area contributed by atoms with Gasteiger partial charge in [0.25, 0.3) is 0 Å².